The van der Waals surface area contributed by atoms with Crippen LogP contribution in [0, 0.1) is 6.92 Å². The fourth-order valence-electron chi connectivity index (χ4n) is 2.09. The maximum Gasteiger partial charge on any atom is 0.303 e. The van der Waals surface area contributed by atoms with Crippen molar-refractivity contribution in [2.45, 2.75) is 25.8 Å². The van der Waals surface area contributed by atoms with Gasteiger partial charge in [0.15, 0.2) is 11.5 Å². The van der Waals surface area contributed by atoms with Gasteiger partial charge in [-0.2, -0.15) is 0 Å². The third-order valence-corrected chi connectivity index (χ3v) is 3.14. The Labute approximate surface area is 113 Å². The van der Waals surface area contributed by atoms with Gasteiger partial charge in [0.25, 0.3) is 0 Å². The minimum atomic E-state index is -0.793. The fraction of sp³-hybridized carbons (Fsp3) is 0.500. The highest BCUT2D eigenvalue weighted by Crippen LogP contribution is 2.34. The van der Waals surface area contributed by atoms with Crippen LogP contribution >= 0.6 is 0 Å². The number of ether oxygens (including phenoxy) is 2. The predicted molar refractivity (Wildman–Crippen MR) is 73.0 cm³/mol. The van der Waals surface area contributed by atoms with Crippen LogP contribution < -0.4 is 14.8 Å². The van der Waals surface area contributed by atoms with E-state index in [9.17, 15) is 4.79 Å². The quantitative estimate of drug-likeness (QED) is 0.792. The lowest BCUT2D eigenvalue weighted by Gasteiger charge is -2.20. The van der Waals surface area contributed by atoms with Crippen LogP contribution in [-0.4, -0.2) is 32.3 Å². The van der Waals surface area contributed by atoms with Gasteiger partial charge < -0.3 is 19.9 Å². The van der Waals surface area contributed by atoms with Gasteiger partial charge in [-0.15, -0.1) is 0 Å². The zero-order valence-corrected chi connectivity index (χ0v) is 11.8. The summed E-state index contributed by atoms with van der Waals surface area (Å²) in [5.74, 6) is 0.536. The van der Waals surface area contributed by atoms with Crippen molar-refractivity contribution in [3.8, 4) is 11.5 Å². The van der Waals surface area contributed by atoms with Gasteiger partial charge in [0.1, 0.15) is 0 Å². The summed E-state index contributed by atoms with van der Waals surface area (Å²) in [6, 6.07) is 3.78. The summed E-state index contributed by atoms with van der Waals surface area (Å²) < 4.78 is 10.5. The molecule has 0 aliphatic heterocycles. The third-order valence-electron chi connectivity index (χ3n) is 3.14. The molecule has 5 nitrogen and oxygen atoms in total. The van der Waals surface area contributed by atoms with E-state index >= 15 is 0 Å². The SMILES string of the molecule is CNC(CCC(=O)O)c1cc(OC)c(OC)cc1C. The zero-order valence-electron chi connectivity index (χ0n) is 11.8. The molecule has 0 heterocycles. The molecule has 1 rings (SSSR count). The molecule has 19 heavy (non-hydrogen) atoms. The molecule has 2 N–H and O–H groups in total. The van der Waals surface area contributed by atoms with Crippen LogP contribution in [0.3, 0.4) is 0 Å². The molecule has 0 saturated carbocycles. The van der Waals surface area contributed by atoms with Gasteiger partial charge in [-0.1, -0.05) is 0 Å². The average Bonchev–Trinajstić information content (AvgIpc) is 2.40. The largest absolute Gasteiger partial charge is 0.493 e. The van der Waals surface area contributed by atoms with Crippen molar-refractivity contribution < 1.29 is 19.4 Å². The molecular weight excluding hydrogens is 246 g/mol. The number of rotatable bonds is 7. The van der Waals surface area contributed by atoms with Crippen LogP contribution in [0.1, 0.15) is 30.0 Å². The Kier molecular flexibility index (Phi) is 5.63. The Bertz CT molecular complexity index is 445. The van der Waals surface area contributed by atoms with E-state index in [-0.39, 0.29) is 12.5 Å². The summed E-state index contributed by atoms with van der Waals surface area (Å²) in [5, 5.41) is 11.9. The number of benzene rings is 1. The average molecular weight is 267 g/mol. The van der Waals surface area contributed by atoms with Crippen LogP contribution in [0.25, 0.3) is 0 Å². The number of aryl methyl sites for hydroxylation is 1. The smallest absolute Gasteiger partial charge is 0.303 e. The Balaban J connectivity index is 3.05. The first-order chi connectivity index (χ1) is 9.03. The van der Waals surface area contributed by atoms with E-state index in [0.29, 0.717) is 17.9 Å². The Morgan fingerprint density at radius 2 is 1.89 bits per heavy atom. The van der Waals surface area contributed by atoms with Gasteiger partial charge in [-0.05, 0) is 43.7 Å². The summed E-state index contributed by atoms with van der Waals surface area (Å²) in [6.07, 6.45) is 0.654. The number of carbonyl (C=O) groups is 1. The molecule has 0 spiro atoms. The maximum absolute atomic E-state index is 10.7. The summed E-state index contributed by atoms with van der Waals surface area (Å²) in [7, 11) is 5.00. The summed E-state index contributed by atoms with van der Waals surface area (Å²) in [5.41, 5.74) is 2.07. The molecule has 0 radical (unpaired) electrons. The van der Waals surface area contributed by atoms with Crippen LogP contribution in [0.4, 0.5) is 0 Å². The minimum absolute atomic E-state index is 0.0177. The first kappa shape index (κ1) is 15.3. The van der Waals surface area contributed by atoms with Gasteiger partial charge in [-0.25, -0.2) is 0 Å². The second-order valence-electron chi connectivity index (χ2n) is 4.34. The maximum atomic E-state index is 10.7. The lowest BCUT2D eigenvalue weighted by Crippen LogP contribution is -2.18. The van der Waals surface area contributed by atoms with Gasteiger partial charge >= 0.3 is 5.97 Å². The summed E-state index contributed by atoms with van der Waals surface area (Å²) in [6.45, 7) is 1.97. The van der Waals surface area contributed by atoms with E-state index in [1.165, 1.54) is 0 Å². The van der Waals surface area contributed by atoms with Gasteiger partial charge in [0.2, 0.25) is 0 Å². The molecule has 1 unspecified atom stereocenters. The number of nitrogens with one attached hydrogen (secondary N) is 1. The molecular formula is C14H21NO4. The van der Waals surface area contributed by atoms with E-state index < -0.39 is 5.97 Å². The number of carboxylic acid groups (broad SMARTS) is 1. The molecule has 0 saturated heterocycles. The van der Waals surface area contributed by atoms with E-state index in [1.807, 2.05) is 26.1 Å². The van der Waals surface area contributed by atoms with Crippen molar-refractivity contribution >= 4 is 5.97 Å². The highest BCUT2D eigenvalue weighted by Gasteiger charge is 2.17. The van der Waals surface area contributed by atoms with Crippen molar-refractivity contribution in [3.05, 3.63) is 23.3 Å². The van der Waals surface area contributed by atoms with Gasteiger partial charge in [0, 0.05) is 12.5 Å². The van der Waals surface area contributed by atoms with E-state index in [4.69, 9.17) is 14.6 Å². The zero-order chi connectivity index (χ0) is 14.4. The molecule has 0 bridgehead atoms. The van der Waals surface area contributed by atoms with Crippen LogP contribution in [0.2, 0.25) is 0 Å². The Morgan fingerprint density at radius 1 is 1.32 bits per heavy atom. The monoisotopic (exact) mass is 267 g/mol. The summed E-state index contributed by atoms with van der Waals surface area (Å²) >= 11 is 0. The number of hydrogen-bond donors (Lipinski definition) is 2. The molecule has 0 aliphatic rings. The number of methoxy groups -OCH3 is 2. The number of aliphatic carboxylic acids is 1. The lowest BCUT2D eigenvalue weighted by atomic mass is 9.97. The Morgan fingerprint density at radius 3 is 2.37 bits per heavy atom. The first-order valence-corrected chi connectivity index (χ1v) is 6.15. The number of carboxylic acids is 1. The van der Waals surface area contributed by atoms with E-state index in [1.54, 1.807) is 14.2 Å². The highest BCUT2D eigenvalue weighted by molar-refractivity contribution is 5.66. The second kappa shape index (κ2) is 6.99. The molecule has 0 amide bonds. The molecule has 1 atom stereocenters. The highest BCUT2D eigenvalue weighted by atomic mass is 16.5. The van der Waals surface area contributed by atoms with Crippen molar-refractivity contribution in [1.82, 2.24) is 5.32 Å². The van der Waals surface area contributed by atoms with Crippen LogP contribution in [0.15, 0.2) is 12.1 Å². The van der Waals surface area contributed by atoms with E-state index in [2.05, 4.69) is 5.32 Å². The second-order valence-corrected chi connectivity index (χ2v) is 4.34. The van der Waals surface area contributed by atoms with Crippen molar-refractivity contribution in [2.24, 2.45) is 0 Å². The standard InChI is InChI=1S/C14H21NO4/c1-9-7-12(18-3)13(19-4)8-10(9)11(15-2)5-6-14(16)17/h7-8,11,15H,5-6H2,1-4H3,(H,16,17). The van der Waals surface area contributed by atoms with Crippen molar-refractivity contribution in [3.63, 3.8) is 0 Å². The summed E-state index contributed by atoms with van der Waals surface area (Å²) in [4.78, 5) is 10.7. The predicted octanol–water partition coefficient (Wildman–Crippen LogP) is 2.14. The molecule has 106 valence electrons. The Hall–Kier alpha value is -1.75. The molecule has 0 aliphatic carbocycles. The van der Waals surface area contributed by atoms with Gasteiger partial charge in [-0.3, -0.25) is 4.79 Å². The molecule has 1 aromatic rings. The molecule has 0 aromatic heterocycles. The molecule has 5 heteroatoms. The minimum Gasteiger partial charge on any atom is -0.493 e. The van der Waals surface area contributed by atoms with Crippen LogP contribution in [-0.2, 0) is 4.79 Å². The topological polar surface area (TPSA) is 67.8 Å². The van der Waals surface area contributed by atoms with Crippen LogP contribution in [0.5, 0.6) is 11.5 Å². The molecule has 0 fully saturated rings. The van der Waals surface area contributed by atoms with E-state index in [0.717, 1.165) is 11.1 Å². The molecule has 1 aromatic carbocycles. The van der Waals surface area contributed by atoms with Crippen molar-refractivity contribution in [1.29, 1.82) is 0 Å². The fourth-order valence-corrected chi connectivity index (χ4v) is 2.09. The first-order valence-electron chi connectivity index (χ1n) is 6.15. The lowest BCUT2D eigenvalue weighted by molar-refractivity contribution is -0.137. The normalized spacial score (nSPS) is 12.0. The van der Waals surface area contributed by atoms with Crippen molar-refractivity contribution in [2.75, 3.05) is 21.3 Å². The van der Waals surface area contributed by atoms with Gasteiger partial charge in [0.05, 0.1) is 14.2 Å². The third kappa shape index (κ3) is 3.86. The number of hydrogen-bond acceptors (Lipinski definition) is 4.